The maximum Gasteiger partial charge on any atom is 0.323 e. The van der Waals surface area contributed by atoms with Crippen LogP contribution in [0.1, 0.15) is 11.1 Å². The van der Waals surface area contributed by atoms with Gasteiger partial charge in [-0.2, -0.15) is 0 Å². The Balaban J connectivity index is 2.13. The molecular weight excluding hydrogens is 252 g/mol. The monoisotopic (exact) mass is 270 g/mol. The third-order valence-corrected chi connectivity index (χ3v) is 3.13. The van der Waals surface area contributed by atoms with Gasteiger partial charge >= 0.3 is 6.03 Å². The largest absolute Gasteiger partial charge is 0.399 e. The second kappa shape index (κ2) is 5.52. The summed E-state index contributed by atoms with van der Waals surface area (Å²) in [6.45, 7) is 3.76. The van der Waals surface area contributed by atoms with Crippen LogP contribution in [0.5, 0.6) is 0 Å². The van der Waals surface area contributed by atoms with E-state index in [4.69, 9.17) is 11.5 Å². The highest BCUT2D eigenvalue weighted by molar-refractivity contribution is 6.01. The predicted octanol–water partition coefficient (Wildman–Crippen LogP) is 3.11. The second-order valence-corrected chi connectivity index (χ2v) is 4.67. The van der Waals surface area contributed by atoms with E-state index in [0.29, 0.717) is 22.7 Å². The molecule has 2 aromatic carbocycles. The smallest absolute Gasteiger partial charge is 0.323 e. The van der Waals surface area contributed by atoms with E-state index in [2.05, 4.69) is 10.6 Å². The summed E-state index contributed by atoms with van der Waals surface area (Å²) in [6, 6.07) is 10.4. The van der Waals surface area contributed by atoms with E-state index in [-0.39, 0.29) is 6.03 Å². The molecule has 2 aromatic rings. The van der Waals surface area contributed by atoms with E-state index in [9.17, 15) is 4.79 Å². The molecule has 2 rings (SSSR count). The molecule has 0 aliphatic rings. The van der Waals surface area contributed by atoms with E-state index in [1.807, 2.05) is 19.9 Å². The summed E-state index contributed by atoms with van der Waals surface area (Å²) >= 11 is 0. The summed E-state index contributed by atoms with van der Waals surface area (Å²) in [5.74, 6) is 0. The minimum atomic E-state index is -0.326. The zero-order valence-corrected chi connectivity index (χ0v) is 11.5. The highest BCUT2D eigenvalue weighted by atomic mass is 16.2. The van der Waals surface area contributed by atoms with E-state index in [0.717, 1.165) is 11.1 Å². The van der Waals surface area contributed by atoms with Crippen LogP contribution in [0.3, 0.4) is 0 Å². The third kappa shape index (κ3) is 3.00. The van der Waals surface area contributed by atoms with Gasteiger partial charge in [-0.1, -0.05) is 12.1 Å². The lowest BCUT2D eigenvalue weighted by atomic mass is 10.1. The molecule has 0 atom stereocenters. The quantitative estimate of drug-likeness (QED) is 0.632. The first-order valence-electron chi connectivity index (χ1n) is 6.26. The van der Waals surface area contributed by atoms with E-state index < -0.39 is 0 Å². The molecule has 0 saturated carbocycles. The normalized spacial score (nSPS) is 10.1. The Labute approximate surface area is 118 Å². The number of nitrogens with one attached hydrogen (secondary N) is 2. The fraction of sp³-hybridized carbons (Fsp3) is 0.133. The summed E-state index contributed by atoms with van der Waals surface area (Å²) in [6.07, 6.45) is 0. The Kier molecular flexibility index (Phi) is 3.79. The minimum Gasteiger partial charge on any atom is -0.399 e. The standard InChI is InChI=1S/C15H18N4O/c1-9-6-7-11(16)8-14(9)19-15(20)18-13-5-3-4-12(17)10(13)2/h3-8H,16-17H2,1-2H3,(H2,18,19,20). The highest BCUT2D eigenvalue weighted by Gasteiger charge is 2.08. The number of benzene rings is 2. The van der Waals surface area contributed by atoms with Crippen molar-refractivity contribution >= 4 is 28.8 Å². The Hall–Kier alpha value is -2.69. The van der Waals surface area contributed by atoms with Gasteiger partial charge in [0, 0.05) is 22.7 Å². The Morgan fingerprint density at radius 1 is 1.00 bits per heavy atom. The molecule has 0 aliphatic heterocycles. The van der Waals surface area contributed by atoms with Crippen LogP contribution in [-0.4, -0.2) is 6.03 Å². The number of hydrogen-bond donors (Lipinski definition) is 4. The molecule has 20 heavy (non-hydrogen) atoms. The van der Waals surface area contributed by atoms with Crippen LogP contribution in [0.4, 0.5) is 27.5 Å². The maximum atomic E-state index is 12.0. The molecule has 5 nitrogen and oxygen atoms in total. The van der Waals surface area contributed by atoms with Crippen LogP contribution in [0.2, 0.25) is 0 Å². The number of carbonyl (C=O) groups excluding carboxylic acids is 1. The lowest BCUT2D eigenvalue weighted by Crippen LogP contribution is -2.20. The Bertz CT molecular complexity index is 646. The third-order valence-electron chi connectivity index (χ3n) is 3.13. The number of rotatable bonds is 2. The van der Waals surface area contributed by atoms with Crippen LogP contribution >= 0.6 is 0 Å². The number of nitrogens with two attached hydrogens (primary N) is 2. The Morgan fingerprint density at radius 2 is 1.70 bits per heavy atom. The topological polar surface area (TPSA) is 93.2 Å². The van der Waals surface area contributed by atoms with Crippen molar-refractivity contribution in [3.8, 4) is 0 Å². The molecular formula is C15H18N4O. The molecule has 0 bridgehead atoms. The summed E-state index contributed by atoms with van der Waals surface area (Å²) in [5, 5.41) is 5.55. The van der Waals surface area contributed by atoms with Crippen molar-refractivity contribution in [3.05, 3.63) is 47.5 Å². The number of nitrogen functional groups attached to an aromatic ring is 2. The number of amides is 2. The summed E-state index contributed by atoms with van der Waals surface area (Å²) in [7, 11) is 0. The first-order valence-corrected chi connectivity index (χ1v) is 6.26. The number of urea groups is 1. The van der Waals surface area contributed by atoms with Gasteiger partial charge in [0.2, 0.25) is 0 Å². The second-order valence-electron chi connectivity index (χ2n) is 4.67. The molecule has 6 N–H and O–H groups in total. The maximum absolute atomic E-state index is 12.0. The molecule has 104 valence electrons. The molecule has 0 aromatic heterocycles. The van der Waals surface area contributed by atoms with Crippen molar-refractivity contribution in [1.82, 2.24) is 0 Å². The predicted molar refractivity (Wildman–Crippen MR) is 83.8 cm³/mol. The lowest BCUT2D eigenvalue weighted by Gasteiger charge is -2.13. The van der Waals surface area contributed by atoms with Crippen LogP contribution in [-0.2, 0) is 0 Å². The first-order chi connectivity index (χ1) is 9.47. The minimum absolute atomic E-state index is 0.326. The number of anilines is 4. The average Bonchev–Trinajstić information content (AvgIpc) is 2.39. The van der Waals surface area contributed by atoms with Crippen LogP contribution in [0.15, 0.2) is 36.4 Å². The lowest BCUT2D eigenvalue weighted by molar-refractivity contribution is 0.262. The summed E-state index contributed by atoms with van der Waals surface area (Å²) in [5.41, 5.74) is 15.9. The van der Waals surface area contributed by atoms with Gasteiger partial charge in [-0.3, -0.25) is 0 Å². The fourth-order valence-corrected chi connectivity index (χ4v) is 1.84. The molecule has 0 heterocycles. The number of carbonyl (C=O) groups is 1. The molecule has 0 aliphatic carbocycles. The van der Waals surface area contributed by atoms with E-state index in [1.54, 1.807) is 30.3 Å². The molecule has 0 radical (unpaired) electrons. The van der Waals surface area contributed by atoms with Crippen LogP contribution in [0, 0.1) is 13.8 Å². The van der Waals surface area contributed by atoms with Gasteiger partial charge in [0.1, 0.15) is 0 Å². The van der Waals surface area contributed by atoms with Crippen molar-refractivity contribution < 1.29 is 4.79 Å². The fourth-order valence-electron chi connectivity index (χ4n) is 1.84. The van der Waals surface area contributed by atoms with Crippen molar-refractivity contribution in [2.24, 2.45) is 0 Å². The first kappa shape index (κ1) is 13.7. The molecule has 0 spiro atoms. The van der Waals surface area contributed by atoms with Crippen molar-refractivity contribution in [1.29, 1.82) is 0 Å². The van der Waals surface area contributed by atoms with Gasteiger partial charge in [-0.15, -0.1) is 0 Å². The van der Waals surface area contributed by atoms with Gasteiger partial charge in [0.25, 0.3) is 0 Å². The molecule has 0 unspecified atom stereocenters. The number of aryl methyl sites for hydroxylation is 1. The van der Waals surface area contributed by atoms with Crippen molar-refractivity contribution in [2.45, 2.75) is 13.8 Å². The number of hydrogen-bond acceptors (Lipinski definition) is 3. The molecule has 2 amide bonds. The van der Waals surface area contributed by atoms with Gasteiger partial charge in [0.15, 0.2) is 0 Å². The Morgan fingerprint density at radius 3 is 2.45 bits per heavy atom. The summed E-state index contributed by atoms with van der Waals surface area (Å²) < 4.78 is 0. The summed E-state index contributed by atoms with van der Waals surface area (Å²) in [4.78, 5) is 12.0. The van der Waals surface area contributed by atoms with E-state index in [1.165, 1.54) is 0 Å². The van der Waals surface area contributed by atoms with Crippen molar-refractivity contribution in [2.75, 3.05) is 22.1 Å². The molecule has 0 fully saturated rings. The average molecular weight is 270 g/mol. The SMILES string of the molecule is Cc1ccc(N)cc1NC(=O)Nc1cccc(N)c1C. The van der Waals surface area contributed by atoms with Gasteiger partial charge in [-0.05, 0) is 49.2 Å². The van der Waals surface area contributed by atoms with Crippen LogP contribution in [0.25, 0.3) is 0 Å². The molecule has 0 saturated heterocycles. The zero-order chi connectivity index (χ0) is 14.7. The van der Waals surface area contributed by atoms with E-state index >= 15 is 0 Å². The van der Waals surface area contributed by atoms with Gasteiger partial charge < -0.3 is 22.1 Å². The van der Waals surface area contributed by atoms with Crippen LogP contribution < -0.4 is 22.1 Å². The van der Waals surface area contributed by atoms with Gasteiger partial charge in [0.05, 0.1) is 0 Å². The van der Waals surface area contributed by atoms with Gasteiger partial charge in [-0.25, -0.2) is 4.79 Å². The highest BCUT2D eigenvalue weighted by Crippen LogP contribution is 2.22. The van der Waals surface area contributed by atoms with Crippen molar-refractivity contribution in [3.63, 3.8) is 0 Å². The zero-order valence-electron chi connectivity index (χ0n) is 11.5. The molecule has 5 heteroatoms.